The average Bonchev–Trinajstić information content (AvgIpc) is 2.97. The summed E-state index contributed by atoms with van der Waals surface area (Å²) in [5, 5.41) is 12.1. The zero-order valence-electron chi connectivity index (χ0n) is 7.88. The van der Waals surface area contributed by atoms with Gasteiger partial charge in [-0.1, -0.05) is 0 Å². The van der Waals surface area contributed by atoms with E-state index in [0.717, 1.165) is 38.8 Å². The normalized spacial score (nSPS) is 26.7. The Morgan fingerprint density at radius 3 is 2.62 bits per heavy atom. The van der Waals surface area contributed by atoms with Gasteiger partial charge in [0.2, 0.25) is 0 Å². The zero-order chi connectivity index (χ0) is 9.15. The lowest BCUT2D eigenvalue weighted by atomic mass is 10.1. The number of hydrogen-bond donors (Lipinski definition) is 1. The molecule has 1 saturated carbocycles. The van der Waals surface area contributed by atoms with Crippen molar-refractivity contribution in [2.45, 2.75) is 31.8 Å². The first-order chi connectivity index (χ1) is 6.35. The van der Waals surface area contributed by atoms with Crippen LogP contribution in [0.5, 0.6) is 0 Å². The van der Waals surface area contributed by atoms with Gasteiger partial charge in [0.25, 0.3) is 0 Å². The van der Waals surface area contributed by atoms with Crippen LogP contribution >= 0.6 is 0 Å². The Bertz CT molecular complexity index is 211. The molecule has 1 saturated heterocycles. The summed E-state index contributed by atoms with van der Waals surface area (Å²) in [5.41, 5.74) is -0.0924. The van der Waals surface area contributed by atoms with Gasteiger partial charge in [0.1, 0.15) is 0 Å². The van der Waals surface area contributed by atoms with Crippen LogP contribution in [0.25, 0.3) is 0 Å². The van der Waals surface area contributed by atoms with Gasteiger partial charge in [0.15, 0.2) is 0 Å². The minimum Gasteiger partial charge on any atom is -0.376 e. The number of ether oxygens (including phenoxy) is 1. The molecule has 3 nitrogen and oxygen atoms in total. The molecule has 0 aromatic carbocycles. The van der Waals surface area contributed by atoms with Gasteiger partial charge in [-0.15, -0.1) is 0 Å². The highest BCUT2D eigenvalue weighted by Gasteiger charge is 2.43. The van der Waals surface area contributed by atoms with E-state index in [9.17, 15) is 0 Å². The van der Waals surface area contributed by atoms with E-state index in [-0.39, 0.29) is 5.41 Å². The van der Waals surface area contributed by atoms with Gasteiger partial charge in [-0.05, 0) is 38.8 Å². The molecule has 0 unspecified atom stereocenters. The van der Waals surface area contributed by atoms with Crippen molar-refractivity contribution < 1.29 is 4.74 Å². The van der Waals surface area contributed by atoms with Crippen LogP contribution in [-0.4, -0.2) is 25.8 Å². The molecule has 0 spiro atoms. The van der Waals surface area contributed by atoms with Gasteiger partial charge < -0.3 is 10.1 Å². The molecule has 0 amide bonds. The minimum atomic E-state index is -0.0924. The van der Waals surface area contributed by atoms with Gasteiger partial charge >= 0.3 is 0 Å². The summed E-state index contributed by atoms with van der Waals surface area (Å²) >= 11 is 0. The van der Waals surface area contributed by atoms with Crippen LogP contribution < -0.4 is 5.32 Å². The Morgan fingerprint density at radius 2 is 2.08 bits per heavy atom. The van der Waals surface area contributed by atoms with Crippen molar-refractivity contribution in [2.75, 3.05) is 19.7 Å². The van der Waals surface area contributed by atoms with Gasteiger partial charge in [0.05, 0.1) is 24.2 Å². The standard InChI is InChI=1S/C10H16N2O/c11-7-10(3-4-10)8-13-9-1-5-12-6-2-9/h9,12H,1-6,8H2. The Kier molecular flexibility index (Phi) is 2.52. The quantitative estimate of drug-likeness (QED) is 0.706. The summed E-state index contributed by atoms with van der Waals surface area (Å²) in [6, 6.07) is 2.35. The first-order valence-corrected chi connectivity index (χ1v) is 5.08. The molecule has 0 aromatic heterocycles. The van der Waals surface area contributed by atoms with Gasteiger partial charge in [-0.3, -0.25) is 0 Å². The molecule has 2 fully saturated rings. The first kappa shape index (κ1) is 8.98. The van der Waals surface area contributed by atoms with Crippen molar-refractivity contribution in [3.63, 3.8) is 0 Å². The van der Waals surface area contributed by atoms with Gasteiger partial charge in [-0.25, -0.2) is 0 Å². The summed E-state index contributed by atoms with van der Waals surface area (Å²) < 4.78 is 5.74. The van der Waals surface area contributed by atoms with E-state index in [2.05, 4.69) is 11.4 Å². The molecule has 1 N–H and O–H groups in total. The van der Waals surface area contributed by atoms with Crippen LogP contribution in [0, 0.1) is 16.7 Å². The van der Waals surface area contributed by atoms with E-state index in [4.69, 9.17) is 10.00 Å². The van der Waals surface area contributed by atoms with E-state index < -0.39 is 0 Å². The maximum absolute atomic E-state index is 8.84. The van der Waals surface area contributed by atoms with Crippen molar-refractivity contribution in [3.05, 3.63) is 0 Å². The van der Waals surface area contributed by atoms with Crippen LogP contribution in [0.1, 0.15) is 25.7 Å². The van der Waals surface area contributed by atoms with Crippen molar-refractivity contribution in [2.24, 2.45) is 5.41 Å². The maximum Gasteiger partial charge on any atom is 0.0808 e. The summed E-state index contributed by atoms with van der Waals surface area (Å²) in [4.78, 5) is 0. The molecule has 3 heteroatoms. The molecular formula is C10H16N2O. The number of piperidine rings is 1. The molecular weight excluding hydrogens is 164 g/mol. The topological polar surface area (TPSA) is 45.0 Å². The molecule has 72 valence electrons. The third kappa shape index (κ3) is 2.20. The highest BCUT2D eigenvalue weighted by molar-refractivity contribution is 5.09. The van der Waals surface area contributed by atoms with E-state index in [0.29, 0.717) is 12.7 Å². The first-order valence-electron chi connectivity index (χ1n) is 5.08. The lowest BCUT2D eigenvalue weighted by Crippen LogP contribution is -2.33. The minimum absolute atomic E-state index is 0.0924. The Hall–Kier alpha value is -0.590. The molecule has 0 radical (unpaired) electrons. The lowest BCUT2D eigenvalue weighted by Gasteiger charge is -2.23. The number of nitrogens with one attached hydrogen (secondary N) is 1. The van der Waals surface area contributed by atoms with Crippen molar-refractivity contribution in [3.8, 4) is 6.07 Å². The molecule has 13 heavy (non-hydrogen) atoms. The summed E-state index contributed by atoms with van der Waals surface area (Å²) in [6.07, 6.45) is 4.67. The fourth-order valence-corrected chi connectivity index (χ4v) is 1.68. The van der Waals surface area contributed by atoms with Crippen molar-refractivity contribution in [1.82, 2.24) is 5.32 Å². The van der Waals surface area contributed by atoms with Gasteiger partial charge in [-0.2, -0.15) is 5.26 Å². The Labute approximate surface area is 79.1 Å². The molecule has 0 atom stereocenters. The van der Waals surface area contributed by atoms with E-state index in [1.807, 2.05) is 0 Å². The van der Waals surface area contributed by atoms with E-state index in [1.54, 1.807) is 0 Å². The summed E-state index contributed by atoms with van der Waals surface area (Å²) in [5.74, 6) is 0. The van der Waals surface area contributed by atoms with E-state index >= 15 is 0 Å². The third-order valence-electron chi connectivity index (χ3n) is 2.97. The monoisotopic (exact) mass is 180 g/mol. The SMILES string of the molecule is N#CC1(COC2CCNCC2)CC1. The smallest absolute Gasteiger partial charge is 0.0808 e. The highest BCUT2D eigenvalue weighted by atomic mass is 16.5. The Morgan fingerprint density at radius 1 is 1.38 bits per heavy atom. The molecule has 1 heterocycles. The molecule has 1 aliphatic carbocycles. The number of nitrogens with zero attached hydrogens (tertiary/aromatic N) is 1. The zero-order valence-corrected chi connectivity index (χ0v) is 7.88. The largest absolute Gasteiger partial charge is 0.376 e. The summed E-state index contributed by atoms with van der Waals surface area (Å²) in [7, 11) is 0. The van der Waals surface area contributed by atoms with E-state index in [1.165, 1.54) is 0 Å². The molecule has 0 bridgehead atoms. The van der Waals surface area contributed by atoms with Crippen LogP contribution in [0.15, 0.2) is 0 Å². The molecule has 2 rings (SSSR count). The number of rotatable bonds is 3. The second-order valence-electron chi connectivity index (χ2n) is 4.15. The average molecular weight is 180 g/mol. The fraction of sp³-hybridized carbons (Fsp3) is 0.900. The number of nitriles is 1. The molecule has 2 aliphatic rings. The highest BCUT2D eigenvalue weighted by Crippen LogP contribution is 2.45. The fourth-order valence-electron chi connectivity index (χ4n) is 1.68. The van der Waals surface area contributed by atoms with Crippen LogP contribution in [0.2, 0.25) is 0 Å². The van der Waals surface area contributed by atoms with Crippen molar-refractivity contribution in [1.29, 1.82) is 5.26 Å². The lowest BCUT2D eigenvalue weighted by molar-refractivity contribution is 0.0160. The van der Waals surface area contributed by atoms with Crippen LogP contribution in [-0.2, 0) is 4.74 Å². The second-order valence-corrected chi connectivity index (χ2v) is 4.15. The third-order valence-corrected chi connectivity index (χ3v) is 2.97. The Balaban J connectivity index is 1.70. The van der Waals surface area contributed by atoms with Gasteiger partial charge in [0, 0.05) is 0 Å². The number of hydrogen-bond acceptors (Lipinski definition) is 3. The predicted molar refractivity (Wildman–Crippen MR) is 49.1 cm³/mol. The maximum atomic E-state index is 8.84. The predicted octanol–water partition coefficient (Wildman–Crippen LogP) is 1.06. The second kappa shape index (κ2) is 3.65. The van der Waals surface area contributed by atoms with Crippen LogP contribution in [0.4, 0.5) is 0 Å². The molecule has 1 aliphatic heterocycles. The summed E-state index contributed by atoms with van der Waals surface area (Å²) in [6.45, 7) is 2.78. The van der Waals surface area contributed by atoms with Crippen molar-refractivity contribution >= 4 is 0 Å². The van der Waals surface area contributed by atoms with Crippen LogP contribution in [0.3, 0.4) is 0 Å². The molecule has 0 aromatic rings.